The van der Waals surface area contributed by atoms with Crippen LogP contribution in [0.15, 0.2) is 50.2 Å². The van der Waals surface area contributed by atoms with Crippen LogP contribution in [-0.4, -0.2) is 33.6 Å². The number of thioether (sulfide) groups is 1. The van der Waals surface area contributed by atoms with E-state index in [4.69, 9.17) is 0 Å². The molecule has 3 amide bonds. The van der Waals surface area contributed by atoms with E-state index < -0.39 is 29.4 Å². The van der Waals surface area contributed by atoms with Gasteiger partial charge < -0.3 is 10.4 Å². The number of halogens is 3. The molecule has 1 saturated heterocycles. The normalized spacial score (nSPS) is 15.4. The molecule has 0 spiro atoms. The number of carbonyl (C=O) groups is 3. The number of hydrogen-bond donors (Lipinski definition) is 2. The van der Waals surface area contributed by atoms with Crippen LogP contribution in [0, 0.1) is 5.82 Å². The molecule has 0 bridgehead atoms. The van der Waals surface area contributed by atoms with Gasteiger partial charge >= 0.3 is 0 Å². The van der Waals surface area contributed by atoms with Crippen molar-refractivity contribution in [2.45, 2.75) is 0 Å². The largest absolute Gasteiger partial charge is 0.506 e. The molecule has 2 aromatic rings. The minimum Gasteiger partial charge on any atom is -0.506 e. The molecule has 1 aliphatic heterocycles. The number of nitrogens with zero attached hydrogens (tertiary/aromatic N) is 1. The Morgan fingerprint density at radius 3 is 2.54 bits per heavy atom. The van der Waals surface area contributed by atoms with Crippen molar-refractivity contribution in [2.24, 2.45) is 0 Å². The maximum absolute atomic E-state index is 13.2. The van der Waals surface area contributed by atoms with Crippen molar-refractivity contribution in [2.75, 3.05) is 11.9 Å². The van der Waals surface area contributed by atoms with Gasteiger partial charge in [0.1, 0.15) is 18.1 Å². The topological polar surface area (TPSA) is 86.7 Å². The molecule has 0 aliphatic carbocycles. The fraction of sp³-hybridized carbons (Fsp3) is 0.0556. The highest BCUT2D eigenvalue weighted by Crippen LogP contribution is 2.36. The van der Waals surface area contributed by atoms with Crippen LogP contribution in [0.1, 0.15) is 5.56 Å². The smallest absolute Gasteiger partial charge is 0.294 e. The Balaban J connectivity index is 1.73. The van der Waals surface area contributed by atoms with Gasteiger partial charge in [-0.2, -0.15) is 0 Å². The monoisotopic (exact) mass is 528 g/mol. The Morgan fingerprint density at radius 2 is 1.89 bits per heavy atom. The van der Waals surface area contributed by atoms with Gasteiger partial charge in [-0.05, 0) is 85.6 Å². The number of imide groups is 1. The zero-order chi connectivity index (χ0) is 20.4. The third kappa shape index (κ3) is 4.62. The molecule has 28 heavy (non-hydrogen) atoms. The Kier molecular flexibility index (Phi) is 6.21. The third-order valence-electron chi connectivity index (χ3n) is 3.62. The number of benzene rings is 2. The zero-order valence-corrected chi connectivity index (χ0v) is 17.9. The molecule has 1 heterocycles. The second-order valence-corrected chi connectivity index (χ2v) is 8.36. The van der Waals surface area contributed by atoms with Gasteiger partial charge in [0.15, 0.2) is 0 Å². The molecule has 6 nitrogen and oxygen atoms in total. The Morgan fingerprint density at radius 1 is 1.21 bits per heavy atom. The molecular weight excluding hydrogens is 519 g/mol. The average molecular weight is 530 g/mol. The van der Waals surface area contributed by atoms with E-state index in [-0.39, 0.29) is 16.3 Å². The first-order chi connectivity index (χ1) is 13.2. The lowest BCUT2D eigenvalue weighted by Crippen LogP contribution is -2.36. The molecule has 2 N–H and O–H groups in total. The summed E-state index contributed by atoms with van der Waals surface area (Å²) in [5, 5.41) is 11.6. The lowest BCUT2D eigenvalue weighted by Gasteiger charge is -2.12. The molecule has 0 atom stereocenters. The van der Waals surface area contributed by atoms with Gasteiger partial charge in [0.05, 0.1) is 13.9 Å². The third-order valence-corrected chi connectivity index (χ3v) is 5.74. The molecule has 0 saturated carbocycles. The molecule has 144 valence electrons. The molecular formula is C18H11Br2FN2O4S. The maximum Gasteiger partial charge on any atom is 0.294 e. The fourth-order valence-corrected chi connectivity index (χ4v) is 4.43. The predicted molar refractivity (Wildman–Crippen MR) is 111 cm³/mol. The molecule has 0 unspecified atom stereocenters. The number of amides is 3. The van der Waals surface area contributed by atoms with Crippen molar-refractivity contribution in [1.29, 1.82) is 0 Å². The average Bonchev–Trinajstić information content (AvgIpc) is 2.87. The van der Waals surface area contributed by atoms with Gasteiger partial charge in [0.25, 0.3) is 11.1 Å². The maximum atomic E-state index is 13.2. The van der Waals surface area contributed by atoms with Gasteiger partial charge in [-0.1, -0.05) is 6.07 Å². The second kappa shape index (κ2) is 8.46. The quantitative estimate of drug-likeness (QED) is 0.559. The first kappa shape index (κ1) is 20.6. The van der Waals surface area contributed by atoms with E-state index in [1.807, 2.05) is 0 Å². The van der Waals surface area contributed by atoms with E-state index in [9.17, 15) is 23.9 Å². The predicted octanol–water partition coefficient (Wildman–Crippen LogP) is 4.73. The summed E-state index contributed by atoms with van der Waals surface area (Å²) >= 11 is 7.10. The van der Waals surface area contributed by atoms with Gasteiger partial charge in [-0.15, -0.1) is 0 Å². The van der Waals surface area contributed by atoms with E-state index in [2.05, 4.69) is 37.2 Å². The van der Waals surface area contributed by atoms with Gasteiger partial charge in [0.2, 0.25) is 5.91 Å². The summed E-state index contributed by atoms with van der Waals surface area (Å²) < 4.78 is 14.0. The molecule has 10 heteroatoms. The lowest BCUT2D eigenvalue weighted by atomic mass is 10.2. The summed E-state index contributed by atoms with van der Waals surface area (Å²) in [7, 11) is 0. The first-order valence-electron chi connectivity index (χ1n) is 7.73. The minimum absolute atomic E-state index is 0.0132. The fourth-order valence-electron chi connectivity index (χ4n) is 2.37. The minimum atomic E-state index is -0.621. The van der Waals surface area contributed by atoms with E-state index in [1.54, 1.807) is 12.1 Å². The van der Waals surface area contributed by atoms with Crippen LogP contribution in [0.3, 0.4) is 0 Å². The van der Waals surface area contributed by atoms with E-state index in [0.717, 1.165) is 11.0 Å². The van der Waals surface area contributed by atoms with Gasteiger partial charge in [0, 0.05) is 5.69 Å². The Hall–Kier alpha value is -2.17. The van der Waals surface area contributed by atoms with Crippen LogP contribution in [-0.2, 0) is 9.59 Å². The van der Waals surface area contributed by atoms with Crippen molar-refractivity contribution in [3.63, 3.8) is 0 Å². The number of anilines is 1. The summed E-state index contributed by atoms with van der Waals surface area (Å²) in [5.74, 6) is -1.73. The Labute approximate surface area is 180 Å². The number of phenolic OH excluding ortho intramolecular Hbond substituents is 1. The Bertz CT molecular complexity index is 1010. The highest BCUT2D eigenvalue weighted by molar-refractivity contribution is 9.11. The molecule has 1 fully saturated rings. The molecule has 3 rings (SSSR count). The summed E-state index contributed by atoms with van der Waals surface area (Å²) in [5.41, 5.74) is 0.803. The highest BCUT2D eigenvalue weighted by Gasteiger charge is 2.36. The molecule has 0 aromatic heterocycles. The van der Waals surface area contributed by atoms with E-state index >= 15 is 0 Å². The molecule has 1 aliphatic rings. The van der Waals surface area contributed by atoms with Gasteiger partial charge in [-0.3, -0.25) is 19.3 Å². The van der Waals surface area contributed by atoms with E-state index in [0.29, 0.717) is 26.3 Å². The summed E-state index contributed by atoms with van der Waals surface area (Å²) in [4.78, 5) is 37.7. The van der Waals surface area contributed by atoms with Crippen molar-refractivity contribution in [3.8, 4) is 5.75 Å². The van der Waals surface area contributed by atoms with Crippen LogP contribution < -0.4 is 5.32 Å². The lowest BCUT2D eigenvalue weighted by molar-refractivity contribution is -0.127. The standard InChI is InChI=1S/C18H11Br2FN2O4S/c19-12-4-9(5-13(20)16(12)25)6-14-17(26)23(18(27)28-14)8-15(24)22-11-3-1-2-10(21)7-11/h1-7,25H,8H2,(H,22,24)/b14-6+. The van der Waals surface area contributed by atoms with Crippen molar-refractivity contribution in [3.05, 3.63) is 61.6 Å². The number of nitrogens with one attached hydrogen (secondary N) is 1. The van der Waals surface area contributed by atoms with Crippen molar-refractivity contribution < 1.29 is 23.9 Å². The van der Waals surface area contributed by atoms with Gasteiger partial charge in [-0.25, -0.2) is 4.39 Å². The number of aromatic hydroxyl groups is 1. The number of rotatable bonds is 4. The molecule has 0 radical (unpaired) electrons. The van der Waals surface area contributed by atoms with Crippen LogP contribution in [0.5, 0.6) is 5.75 Å². The SMILES string of the molecule is O=C(CN1C(=O)S/C(=C/c2cc(Br)c(O)c(Br)c2)C1=O)Nc1cccc(F)c1. The van der Waals surface area contributed by atoms with Crippen LogP contribution >= 0.6 is 43.6 Å². The number of phenols is 1. The van der Waals surface area contributed by atoms with Crippen LogP contribution in [0.25, 0.3) is 6.08 Å². The van der Waals surface area contributed by atoms with Crippen molar-refractivity contribution >= 4 is 72.4 Å². The van der Waals surface area contributed by atoms with Crippen LogP contribution in [0.2, 0.25) is 0 Å². The summed E-state index contributed by atoms with van der Waals surface area (Å²) in [6.45, 7) is -0.485. The summed E-state index contributed by atoms with van der Waals surface area (Å²) in [6.07, 6.45) is 1.49. The first-order valence-corrected chi connectivity index (χ1v) is 10.1. The highest BCUT2D eigenvalue weighted by atomic mass is 79.9. The zero-order valence-electron chi connectivity index (χ0n) is 13.9. The second-order valence-electron chi connectivity index (χ2n) is 5.66. The summed E-state index contributed by atoms with van der Waals surface area (Å²) in [6, 6.07) is 8.47. The van der Waals surface area contributed by atoms with E-state index in [1.165, 1.54) is 24.3 Å². The van der Waals surface area contributed by atoms with Crippen molar-refractivity contribution in [1.82, 2.24) is 4.90 Å². The molecule has 2 aromatic carbocycles. The van der Waals surface area contributed by atoms with Crippen LogP contribution in [0.4, 0.5) is 14.9 Å². The number of carbonyl (C=O) groups excluding carboxylic acids is 3. The number of hydrogen-bond acceptors (Lipinski definition) is 5.